The van der Waals surface area contributed by atoms with Crippen molar-refractivity contribution in [2.45, 2.75) is 13.5 Å². The molecule has 0 saturated carbocycles. The van der Waals surface area contributed by atoms with Crippen LogP contribution in [0, 0.1) is 6.92 Å². The minimum Gasteiger partial charge on any atom is -0.399 e. The zero-order chi connectivity index (χ0) is 14.1. The molecule has 0 amide bonds. The summed E-state index contributed by atoms with van der Waals surface area (Å²) in [6.45, 7) is 2.60. The van der Waals surface area contributed by atoms with Crippen LogP contribution in [0.2, 0.25) is 0 Å². The van der Waals surface area contributed by atoms with Crippen molar-refractivity contribution in [3.05, 3.63) is 48.0 Å². The molecule has 0 unspecified atom stereocenters. The van der Waals surface area contributed by atoms with E-state index >= 15 is 0 Å². The molecular formula is C16H17N3O. The molecule has 3 rings (SSSR count). The van der Waals surface area contributed by atoms with E-state index in [1.165, 1.54) is 0 Å². The van der Waals surface area contributed by atoms with Crippen molar-refractivity contribution in [3.8, 4) is 11.4 Å². The smallest absolute Gasteiger partial charge is 0.141 e. The minimum atomic E-state index is 0.0846. The normalized spacial score (nSPS) is 11.1. The third kappa shape index (κ3) is 2.04. The van der Waals surface area contributed by atoms with Gasteiger partial charge < -0.3 is 15.4 Å². The number of benzene rings is 2. The Kier molecular flexibility index (Phi) is 3.16. The number of hydrogen-bond acceptors (Lipinski definition) is 3. The van der Waals surface area contributed by atoms with E-state index in [0.717, 1.165) is 33.7 Å². The molecule has 3 N–H and O–H groups in total. The van der Waals surface area contributed by atoms with Crippen LogP contribution in [0.5, 0.6) is 0 Å². The number of nitrogens with two attached hydrogens (primary N) is 1. The van der Waals surface area contributed by atoms with Crippen LogP contribution in [0.1, 0.15) is 5.56 Å². The van der Waals surface area contributed by atoms with Gasteiger partial charge in [-0.05, 0) is 42.8 Å². The topological polar surface area (TPSA) is 64.1 Å². The van der Waals surface area contributed by atoms with Gasteiger partial charge in [0.05, 0.1) is 17.6 Å². The summed E-state index contributed by atoms with van der Waals surface area (Å²) >= 11 is 0. The molecule has 0 aliphatic heterocycles. The van der Waals surface area contributed by atoms with Crippen molar-refractivity contribution in [1.82, 2.24) is 9.55 Å². The number of nitrogen functional groups attached to an aromatic ring is 1. The molecule has 0 bridgehead atoms. The van der Waals surface area contributed by atoms with Gasteiger partial charge in [-0.1, -0.05) is 12.1 Å². The Balaban J connectivity index is 2.23. The lowest BCUT2D eigenvalue weighted by Gasteiger charge is -2.09. The van der Waals surface area contributed by atoms with Gasteiger partial charge in [0, 0.05) is 17.8 Å². The van der Waals surface area contributed by atoms with E-state index in [1.54, 1.807) is 0 Å². The molecule has 0 radical (unpaired) electrons. The quantitative estimate of drug-likeness (QED) is 0.717. The summed E-state index contributed by atoms with van der Waals surface area (Å²) in [7, 11) is 0. The lowest BCUT2D eigenvalue weighted by Crippen LogP contribution is -2.04. The maximum absolute atomic E-state index is 9.30. The summed E-state index contributed by atoms with van der Waals surface area (Å²) in [6.07, 6.45) is 0. The van der Waals surface area contributed by atoms with Crippen molar-refractivity contribution in [1.29, 1.82) is 0 Å². The lowest BCUT2D eigenvalue weighted by atomic mass is 10.1. The second kappa shape index (κ2) is 4.98. The molecule has 0 atom stereocenters. The first-order valence-corrected chi connectivity index (χ1v) is 6.63. The predicted octanol–water partition coefficient (Wildman–Crippen LogP) is 2.59. The number of imidazole rings is 1. The molecule has 1 aromatic heterocycles. The highest BCUT2D eigenvalue weighted by molar-refractivity contribution is 5.81. The molecule has 2 aromatic carbocycles. The monoisotopic (exact) mass is 267 g/mol. The molecule has 0 aliphatic carbocycles. The average molecular weight is 267 g/mol. The van der Waals surface area contributed by atoms with Gasteiger partial charge in [-0.15, -0.1) is 0 Å². The van der Waals surface area contributed by atoms with Crippen LogP contribution in [0.4, 0.5) is 5.69 Å². The number of aromatic nitrogens is 2. The maximum Gasteiger partial charge on any atom is 0.141 e. The van der Waals surface area contributed by atoms with E-state index in [1.807, 2.05) is 54.0 Å². The van der Waals surface area contributed by atoms with Crippen LogP contribution in [0.25, 0.3) is 22.4 Å². The van der Waals surface area contributed by atoms with Crippen LogP contribution in [-0.4, -0.2) is 21.3 Å². The number of aryl methyl sites for hydroxylation is 1. The largest absolute Gasteiger partial charge is 0.399 e. The van der Waals surface area contributed by atoms with Crippen LogP contribution < -0.4 is 5.73 Å². The van der Waals surface area contributed by atoms with Crippen LogP contribution in [-0.2, 0) is 6.54 Å². The third-order valence-electron chi connectivity index (χ3n) is 3.51. The van der Waals surface area contributed by atoms with Gasteiger partial charge in [0.2, 0.25) is 0 Å². The predicted molar refractivity (Wildman–Crippen MR) is 81.4 cm³/mol. The Morgan fingerprint density at radius 1 is 1.20 bits per heavy atom. The summed E-state index contributed by atoms with van der Waals surface area (Å²) in [6, 6.07) is 13.9. The Hall–Kier alpha value is -2.33. The molecule has 0 saturated heterocycles. The van der Waals surface area contributed by atoms with Gasteiger partial charge in [0.25, 0.3) is 0 Å². The molecule has 4 heteroatoms. The van der Waals surface area contributed by atoms with Crippen molar-refractivity contribution in [2.24, 2.45) is 0 Å². The van der Waals surface area contributed by atoms with Crippen LogP contribution in [0.15, 0.2) is 42.5 Å². The van der Waals surface area contributed by atoms with Gasteiger partial charge in [0.15, 0.2) is 0 Å². The molecule has 0 fully saturated rings. The number of aliphatic hydroxyl groups excluding tert-OH is 1. The second-order valence-electron chi connectivity index (χ2n) is 4.87. The molecule has 1 heterocycles. The second-order valence-corrected chi connectivity index (χ2v) is 4.87. The molecule has 102 valence electrons. The Bertz CT molecular complexity index is 762. The van der Waals surface area contributed by atoms with Gasteiger partial charge in [-0.2, -0.15) is 0 Å². The van der Waals surface area contributed by atoms with Gasteiger partial charge in [-0.25, -0.2) is 4.98 Å². The van der Waals surface area contributed by atoms with E-state index in [2.05, 4.69) is 4.98 Å². The highest BCUT2D eigenvalue weighted by Gasteiger charge is 2.12. The molecular weight excluding hydrogens is 250 g/mol. The van der Waals surface area contributed by atoms with Crippen molar-refractivity contribution >= 4 is 16.7 Å². The molecule has 4 nitrogen and oxygen atoms in total. The van der Waals surface area contributed by atoms with E-state index in [9.17, 15) is 5.11 Å². The van der Waals surface area contributed by atoms with Gasteiger partial charge in [-0.3, -0.25) is 0 Å². The Morgan fingerprint density at radius 2 is 2.00 bits per heavy atom. The summed E-state index contributed by atoms with van der Waals surface area (Å²) in [5.41, 5.74) is 10.7. The zero-order valence-corrected chi connectivity index (χ0v) is 11.4. The number of anilines is 1. The number of aliphatic hydroxyl groups is 1. The fourth-order valence-electron chi connectivity index (χ4n) is 2.44. The molecule has 3 aromatic rings. The molecule has 0 spiro atoms. The number of rotatable bonds is 3. The van der Waals surface area contributed by atoms with E-state index < -0.39 is 0 Å². The first-order chi connectivity index (χ1) is 9.70. The minimum absolute atomic E-state index is 0.0846. The Morgan fingerprint density at radius 3 is 2.75 bits per heavy atom. The zero-order valence-electron chi connectivity index (χ0n) is 11.4. The standard InChI is InChI=1S/C16H17N3O/c1-11-10-12(6-7-13(11)17)16-18-14-4-2-3-5-15(14)19(16)8-9-20/h2-7,10,20H,8-9,17H2,1H3. The van der Waals surface area contributed by atoms with Crippen LogP contribution >= 0.6 is 0 Å². The number of para-hydroxylation sites is 2. The van der Waals surface area contributed by atoms with Crippen LogP contribution in [0.3, 0.4) is 0 Å². The van der Waals surface area contributed by atoms with E-state index in [0.29, 0.717) is 6.54 Å². The first kappa shape index (κ1) is 12.7. The third-order valence-corrected chi connectivity index (χ3v) is 3.51. The molecule has 20 heavy (non-hydrogen) atoms. The van der Waals surface area contributed by atoms with Gasteiger partial charge >= 0.3 is 0 Å². The summed E-state index contributed by atoms with van der Waals surface area (Å²) in [4.78, 5) is 4.68. The SMILES string of the molecule is Cc1cc(-c2nc3ccccc3n2CCO)ccc1N. The fourth-order valence-corrected chi connectivity index (χ4v) is 2.44. The Labute approximate surface area is 117 Å². The van der Waals surface area contributed by atoms with Crippen molar-refractivity contribution < 1.29 is 5.11 Å². The van der Waals surface area contributed by atoms with Crippen molar-refractivity contribution in [2.75, 3.05) is 12.3 Å². The summed E-state index contributed by atoms with van der Waals surface area (Å²) in [5.74, 6) is 0.864. The fraction of sp³-hybridized carbons (Fsp3) is 0.188. The number of nitrogens with zero attached hydrogens (tertiary/aromatic N) is 2. The van der Waals surface area contributed by atoms with E-state index in [4.69, 9.17) is 5.73 Å². The highest BCUT2D eigenvalue weighted by Crippen LogP contribution is 2.26. The molecule has 0 aliphatic rings. The number of hydrogen-bond donors (Lipinski definition) is 2. The lowest BCUT2D eigenvalue weighted by molar-refractivity contribution is 0.278. The summed E-state index contributed by atoms with van der Waals surface area (Å²) in [5, 5.41) is 9.30. The highest BCUT2D eigenvalue weighted by atomic mass is 16.3. The van der Waals surface area contributed by atoms with Crippen molar-refractivity contribution in [3.63, 3.8) is 0 Å². The summed E-state index contributed by atoms with van der Waals surface area (Å²) < 4.78 is 2.04. The maximum atomic E-state index is 9.30. The van der Waals surface area contributed by atoms with E-state index in [-0.39, 0.29) is 6.61 Å². The van der Waals surface area contributed by atoms with Gasteiger partial charge in [0.1, 0.15) is 5.82 Å². The average Bonchev–Trinajstić information content (AvgIpc) is 2.82. The number of fused-ring (bicyclic) bond motifs is 1. The first-order valence-electron chi connectivity index (χ1n) is 6.63.